The number of nitrogens with zero attached hydrogens (tertiary/aromatic N) is 5. The highest BCUT2D eigenvalue weighted by Gasteiger charge is 2.17. The van der Waals surface area contributed by atoms with Crippen LogP contribution in [0, 0.1) is 13.8 Å². The van der Waals surface area contributed by atoms with Gasteiger partial charge in [0.15, 0.2) is 11.3 Å². The number of ether oxygens (including phenoxy) is 1. The van der Waals surface area contributed by atoms with Gasteiger partial charge in [0.1, 0.15) is 5.75 Å². The molecule has 3 heterocycles. The van der Waals surface area contributed by atoms with Crippen molar-refractivity contribution in [3.05, 3.63) is 59.7 Å². The maximum absolute atomic E-state index is 12.8. The number of benzene rings is 1. The summed E-state index contributed by atoms with van der Waals surface area (Å²) >= 11 is 0. The number of rotatable bonds is 5. The molecule has 0 radical (unpaired) electrons. The monoisotopic (exact) mass is 390 g/mol. The van der Waals surface area contributed by atoms with Crippen molar-refractivity contribution < 1.29 is 9.53 Å². The first-order chi connectivity index (χ1) is 14.0. The van der Waals surface area contributed by atoms with Crippen LogP contribution in [0.4, 0.5) is 5.69 Å². The lowest BCUT2D eigenvalue weighted by atomic mass is 10.2. The Bertz CT molecular complexity index is 1210. The van der Waals surface area contributed by atoms with Gasteiger partial charge in [0.05, 0.1) is 24.7 Å². The number of carbonyl (C=O) groups is 1. The minimum absolute atomic E-state index is 0.272. The molecule has 0 spiro atoms. The Morgan fingerprint density at radius 3 is 2.76 bits per heavy atom. The molecule has 29 heavy (non-hydrogen) atoms. The number of aryl methyl sites for hydroxylation is 2. The largest absolute Gasteiger partial charge is 0.495 e. The molecule has 0 saturated carbocycles. The maximum atomic E-state index is 12.8. The molecular formula is C21H22N6O2. The molecule has 8 heteroatoms. The van der Waals surface area contributed by atoms with Crippen molar-refractivity contribution in [3.8, 4) is 17.0 Å². The number of anilines is 1. The second kappa shape index (κ2) is 7.38. The number of amides is 1. The zero-order valence-corrected chi connectivity index (χ0v) is 16.8. The zero-order valence-electron chi connectivity index (χ0n) is 16.8. The molecule has 0 bridgehead atoms. The summed E-state index contributed by atoms with van der Waals surface area (Å²) in [6, 6.07) is 9.14. The van der Waals surface area contributed by atoms with E-state index in [9.17, 15) is 4.79 Å². The minimum Gasteiger partial charge on any atom is -0.495 e. The maximum Gasteiger partial charge on any atom is 0.276 e. The van der Waals surface area contributed by atoms with Gasteiger partial charge < -0.3 is 10.1 Å². The molecule has 0 aliphatic rings. The van der Waals surface area contributed by atoms with Gasteiger partial charge in [-0.2, -0.15) is 10.2 Å². The van der Waals surface area contributed by atoms with E-state index in [1.807, 2.05) is 55.9 Å². The van der Waals surface area contributed by atoms with E-state index in [-0.39, 0.29) is 11.6 Å². The summed E-state index contributed by atoms with van der Waals surface area (Å²) < 4.78 is 8.93. The Morgan fingerprint density at radius 2 is 2.03 bits per heavy atom. The lowest BCUT2D eigenvalue weighted by molar-refractivity contribution is 0.102. The zero-order chi connectivity index (χ0) is 20.5. The van der Waals surface area contributed by atoms with Gasteiger partial charge in [-0.25, -0.2) is 9.50 Å². The molecule has 3 aromatic heterocycles. The predicted molar refractivity (Wildman–Crippen MR) is 110 cm³/mol. The van der Waals surface area contributed by atoms with Crippen LogP contribution in [-0.2, 0) is 6.54 Å². The van der Waals surface area contributed by atoms with Crippen LogP contribution in [0.3, 0.4) is 0 Å². The molecule has 0 unspecified atom stereocenters. The number of hydrogen-bond acceptors (Lipinski definition) is 5. The molecule has 1 aromatic carbocycles. The third-order valence-corrected chi connectivity index (χ3v) is 4.87. The highest BCUT2D eigenvalue weighted by molar-refractivity contribution is 6.04. The molecule has 148 valence electrons. The number of carbonyl (C=O) groups excluding carboxylic acids is 1. The van der Waals surface area contributed by atoms with E-state index in [1.54, 1.807) is 23.9 Å². The third-order valence-electron chi connectivity index (χ3n) is 4.87. The standard InChI is InChI=1S/C21H22N6O2/c1-5-26-14(3)15(12-23-26)18-8-9-22-20-11-17(25-27(18)20)21(28)24-16-10-13(2)6-7-19(16)29-4/h6-12H,5H2,1-4H3,(H,24,28). The van der Waals surface area contributed by atoms with Gasteiger partial charge in [-0.1, -0.05) is 6.07 Å². The number of fused-ring (bicyclic) bond motifs is 1. The van der Waals surface area contributed by atoms with E-state index in [4.69, 9.17) is 4.74 Å². The van der Waals surface area contributed by atoms with Crippen molar-refractivity contribution in [2.75, 3.05) is 12.4 Å². The minimum atomic E-state index is -0.327. The summed E-state index contributed by atoms with van der Waals surface area (Å²) in [4.78, 5) is 17.2. The Hall–Kier alpha value is -3.68. The van der Waals surface area contributed by atoms with Crippen LogP contribution in [0.15, 0.2) is 42.7 Å². The van der Waals surface area contributed by atoms with E-state index >= 15 is 0 Å². The number of aromatic nitrogens is 5. The average Bonchev–Trinajstić information content (AvgIpc) is 3.31. The number of nitrogens with one attached hydrogen (secondary N) is 1. The molecule has 1 N–H and O–H groups in total. The van der Waals surface area contributed by atoms with Crippen molar-refractivity contribution in [1.29, 1.82) is 0 Å². The average molecular weight is 390 g/mol. The van der Waals surface area contributed by atoms with E-state index in [0.29, 0.717) is 17.1 Å². The van der Waals surface area contributed by atoms with Crippen LogP contribution in [0.2, 0.25) is 0 Å². The highest BCUT2D eigenvalue weighted by Crippen LogP contribution is 2.27. The van der Waals surface area contributed by atoms with E-state index in [0.717, 1.165) is 29.1 Å². The van der Waals surface area contributed by atoms with Gasteiger partial charge in [0, 0.05) is 30.1 Å². The third kappa shape index (κ3) is 3.33. The second-order valence-electron chi connectivity index (χ2n) is 6.75. The summed E-state index contributed by atoms with van der Waals surface area (Å²) in [7, 11) is 1.57. The Morgan fingerprint density at radius 1 is 1.21 bits per heavy atom. The van der Waals surface area contributed by atoms with Gasteiger partial charge >= 0.3 is 0 Å². The van der Waals surface area contributed by atoms with Crippen LogP contribution in [0.5, 0.6) is 5.75 Å². The summed E-state index contributed by atoms with van der Waals surface area (Å²) in [5.41, 5.74) is 5.30. The van der Waals surface area contributed by atoms with Crippen molar-refractivity contribution in [2.24, 2.45) is 0 Å². The van der Waals surface area contributed by atoms with Crippen molar-refractivity contribution in [3.63, 3.8) is 0 Å². The molecule has 4 rings (SSSR count). The predicted octanol–water partition coefficient (Wildman–Crippen LogP) is 3.49. The Labute approximate surface area is 168 Å². The molecular weight excluding hydrogens is 368 g/mol. The fourth-order valence-electron chi connectivity index (χ4n) is 3.33. The number of methoxy groups -OCH3 is 1. The number of hydrogen-bond donors (Lipinski definition) is 1. The summed E-state index contributed by atoms with van der Waals surface area (Å²) in [5, 5.41) is 11.8. The van der Waals surface area contributed by atoms with Crippen LogP contribution >= 0.6 is 0 Å². The Balaban J connectivity index is 1.72. The SMILES string of the molecule is CCn1ncc(-c2ccnc3cc(C(=O)Nc4cc(C)ccc4OC)nn23)c1C. The van der Waals surface area contributed by atoms with Gasteiger partial charge in [0.2, 0.25) is 0 Å². The lowest BCUT2D eigenvalue weighted by Gasteiger charge is -2.10. The molecule has 0 aliphatic heterocycles. The van der Waals surface area contributed by atoms with E-state index in [2.05, 4.69) is 20.5 Å². The fraction of sp³-hybridized carbons (Fsp3) is 0.238. The summed E-state index contributed by atoms with van der Waals surface area (Å²) in [6.07, 6.45) is 3.52. The first kappa shape index (κ1) is 18.7. The van der Waals surface area contributed by atoms with Crippen molar-refractivity contribution >= 4 is 17.2 Å². The van der Waals surface area contributed by atoms with Crippen LogP contribution in [0.25, 0.3) is 16.9 Å². The van der Waals surface area contributed by atoms with Crippen LogP contribution < -0.4 is 10.1 Å². The molecule has 8 nitrogen and oxygen atoms in total. The van der Waals surface area contributed by atoms with Crippen molar-refractivity contribution in [2.45, 2.75) is 27.3 Å². The Kier molecular flexibility index (Phi) is 4.75. The quantitative estimate of drug-likeness (QED) is 0.564. The van der Waals surface area contributed by atoms with E-state index in [1.165, 1.54) is 0 Å². The first-order valence-electron chi connectivity index (χ1n) is 9.35. The highest BCUT2D eigenvalue weighted by atomic mass is 16.5. The van der Waals surface area contributed by atoms with Crippen molar-refractivity contribution in [1.82, 2.24) is 24.4 Å². The lowest BCUT2D eigenvalue weighted by Crippen LogP contribution is -2.13. The smallest absolute Gasteiger partial charge is 0.276 e. The van der Waals surface area contributed by atoms with Crippen LogP contribution in [-0.4, -0.2) is 37.4 Å². The molecule has 0 fully saturated rings. The van der Waals surface area contributed by atoms with Gasteiger partial charge in [-0.05, 0) is 44.5 Å². The van der Waals surface area contributed by atoms with Gasteiger partial charge in [-0.3, -0.25) is 9.48 Å². The molecule has 0 saturated heterocycles. The van der Waals surface area contributed by atoms with Gasteiger partial charge in [0.25, 0.3) is 5.91 Å². The molecule has 0 atom stereocenters. The first-order valence-corrected chi connectivity index (χ1v) is 9.35. The van der Waals surface area contributed by atoms with Gasteiger partial charge in [-0.15, -0.1) is 0 Å². The summed E-state index contributed by atoms with van der Waals surface area (Å²) in [5.74, 6) is 0.264. The molecule has 1 amide bonds. The topological polar surface area (TPSA) is 86.3 Å². The fourth-order valence-corrected chi connectivity index (χ4v) is 3.33. The summed E-state index contributed by atoms with van der Waals surface area (Å²) in [6.45, 7) is 6.79. The molecule has 4 aromatic rings. The molecule has 0 aliphatic carbocycles. The van der Waals surface area contributed by atoms with E-state index < -0.39 is 0 Å². The van der Waals surface area contributed by atoms with Crippen LogP contribution in [0.1, 0.15) is 28.7 Å². The normalized spacial score (nSPS) is 11.0. The second-order valence-corrected chi connectivity index (χ2v) is 6.75.